The number of methoxy groups -OCH3 is 1. The largest absolute Gasteiger partial charge is 0.495 e. The first kappa shape index (κ1) is 12.9. The number of benzene rings is 1. The molecule has 2 nitrogen and oxygen atoms in total. The molecule has 1 aromatic carbocycles. The van der Waals surface area contributed by atoms with Crippen molar-refractivity contribution in [2.45, 2.75) is 39.2 Å². The lowest BCUT2D eigenvalue weighted by molar-refractivity contribution is 0.403. The van der Waals surface area contributed by atoms with E-state index in [9.17, 15) is 0 Å². The van der Waals surface area contributed by atoms with Gasteiger partial charge in [-0.1, -0.05) is 6.07 Å². The summed E-state index contributed by atoms with van der Waals surface area (Å²) in [4.78, 5) is 0. The number of aryl methyl sites for hydroxylation is 2. The number of halogens is 1. The Kier molecular flexibility index (Phi) is 4.10. The van der Waals surface area contributed by atoms with Gasteiger partial charge in [0.2, 0.25) is 0 Å². The molecule has 1 fully saturated rings. The molecular weight excluding hydrogens is 278 g/mol. The summed E-state index contributed by atoms with van der Waals surface area (Å²) < 4.78 is 6.67. The zero-order valence-electron chi connectivity index (χ0n) is 10.8. The predicted octanol–water partition coefficient (Wildman–Crippen LogP) is 3.37. The van der Waals surface area contributed by atoms with E-state index in [1.165, 1.54) is 29.5 Å². The molecule has 0 bridgehead atoms. The quantitative estimate of drug-likeness (QED) is 0.924. The molecule has 0 spiro atoms. The van der Waals surface area contributed by atoms with E-state index in [2.05, 4.69) is 41.2 Å². The van der Waals surface area contributed by atoms with Crippen molar-refractivity contribution >= 4 is 15.9 Å². The van der Waals surface area contributed by atoms with Crippen LogP contribution in [0.5, 0.6) is 5.75 Å². The number of hydrogen-bond acceptors (Lipinski definition) is 2. The monoisotopic (exact) mass is 297 g/mol. The van der Waals surface area contributed by atoms with Gasteiger partial charge in [0.05, 0.1) is 11.6 Å². The van der Waals surface area contributed by atoms with Crippen LogP contribution < -0.4 is 10.1 Å². The second-order valence-corrected chi connectivity index (χ2v) is 5.63. The molecule has 1 N–H and O–H groups in total. The summed E-state index contributed by atoms with van der Waals surface area (Å²) in [7, 11) is 1.75. The maximum Gasteiger partial charge on any atom is 0.136 e. The zero-order chi connectivity index (χ0) is 12.4. The van der Waals surface area contributed by atoms with Gasteiger partial charge in [-0.3, -0.25) is 0 Å². The van der Waals surface area contributed by atoms with Crippen molar-refractivity contribution in [2.24, 2.45) is 0 Å². The van der Waals surface area contributed by atoms with Gasteiger partial charge >= 0.3 is 0 Å². The topological polar surface area (TPSA) is 21.3 Å². The van der Waals surface area contributed by atoms with Crippen molar-refractivity contribution < 1.29 is 4.74 Å². The molecule has 1 aliphatic heterocycles. The molecule has 0 aromatic heterocycles. The maximum atomic E-state index is 5.57. The Balaban J connectivity index is 2.33. The van der Waals surface area contributed by atoms with Crippen molar-refractivity contribution in [1.82, 2.24) is 5.32 Å². The van der Waals surface area contributed by atoms with Gasteiger partial charge in [0.1, 0.15) is 5.75 Å². The Bertz CT molecular complexity index is 411. The number of nitrogens with one attached hydrogen (secondary N) is 1. The molecule has 0 amide bonds. The van der Waals surface area contributed by atoms with E-state index in [1.807, 2.05) is 0 Å². The van der Waals surface area contributed by atoms with Crippen LogP contribution in [0.25, 0.3) is 0 Å². The first-order valence-electron chi connectivity index (χ1n) is 6.19. The molecule has 3 heteroatoms. The van der Waals surface area contributed by atoms with E-state index in [0.717, 1.165) is 23.2 Å². The van der Waals surface area contributed by atoms with Crippen molar-refractivity contribution in [2.75, 3.05) is 13.7 Å². The third kappa shape index (κ3) is 2.66. The highest BCUT2D eigenvalue weighted by Gasteiger charge is 2.20. The van der Waals surface area contributed by atoms with E-state index < -0.39 is 0 Å². The molecule has 2 rings (SSSR count). The number of hydrogen-bond donors (Lipinski definition) is 1. The van der Waals surface area contributed by atoms with Crippen molar-refractivity contribution in [1.29, 1.82) is 0 Å². The highest BCUT2D eigenvalue weighted by molar-refractivity contribution is 9.10. The van der Waals surface area contributed by atoms with Crippen LogP contribution >= 0.6 is 15.9 Å². The third-order valence-corrected chi connectivity index (χ3v) is 4.53. The molecule has 1 atom stereocenters. The molecule has 17 heavy (non-hydrogen) atoms. The summed E-state index contributed by atoms with van der Waals surface area (Å²) in [5, 5.41) is 3.55. The van der Waals surface area contributed by atoms with Crippen LogP contribution in [-0.4, -0.2) is 19.7 Å². The average molecular weight is 298 g/mol. The number of rotatable bonds is 3. The zero-order valence-corrected chi connectivity index (χ0v) is 12.4. The maximum absolute atomic E-state index is 5.57. The van der Waals surface area contributed by atoms with Crippen molar-refractivity contribution in [3.05, 3.63) is 27.2 Å². The Labute approximate surface area is 112 Å². The van der Waals surface area contributed by atoms with E-state index in [4.69, 9.17) is 4.74 Å². The SMILES string of the molecule is COc1c(Br)c(C)cc(C)c1CC1CCCN1. The van der Waals surface area contributed by atoms with Gasteiger partial charge < -0.3 is 10.1 Å². The fraction of sp³-hybridized carbons (Fsp3) is 0.571. The lowest BCUT2D eigenvalue weighted by Gasteiger charge is -2.18. The van der Waals surface area contributed by atoms with Crippen LogP contribution in [0.15, 0.2) is 10.5 Å². The Morgan fingerprint density at radius 2 is 2.18 bits per heavy atom. The first-order valence-corrected chi connectivity index (χ1v) is 6.98. The molecule has 1 saturated heterocycles. The minimum absolute atomic E-state index is 0.609. The molecule has 94 valence electrons. The fourth-order valence-corrected chi connectivity index (χ4v) is 3.13. The molecule has 1 unspecified atom stereocenters. The fourth-order valence-electron chi connectivity index (χ4n) is 2.61. The van der Waals surface area contributed by atoms with Crippen LogP contribution in [0.4, 0.5) is 0 Å². The van der Waals surface area contributed by atoms with Gasteiger partial charge in [-0.05, 0) is 72.3 Å². The summed E-state index contributed by atoms with van der Waals surface area (Å²) in [5.74, 6) is 1.01. The summed E-state index contributed by atoms with van der Waals surface area (Å²) in [5.41, 5.74) is 3.91. The molecule has 1 aromatic rings. The van der Waals surface area contributed by atoms with Gasteiger partial charge in [0.25, 0.3) is 0 Å². The highest BCUT2D eigenvalue weighted by Crippen LogP contribution is 2.35. The van der Waals surface area contributed by atoms with E-state index in [0.29, 0.717) is 6.04 Å². The van der Waals surface area contributed by atoms with Crippen LogP contribution in [0.1, 0.15) is 29.5 Å². The van der Waals surface area contributed by atoms with Gasteiger partial charge in [-0.2, -0.15) is 0 Å². The van der Waals surface area contributed by atoms with Gasteiger partial charge in [-0.25, -0.2) is 0 Å². The van der Waals surface area contributed by atoms with Crippen LogP contribution in [0, 0.1) is 13.8 Å². The molecule has 1 heterocycles. The normalized spacial score (nSPS) is 19.6. The van der Waals surface area contributed by atoms with Gasteiger partial charge in [0.15, 0.2) is 0 Å². The van der Waals surface area contributed by atoms with E-state index in [-0.39, 0.29) is 0 Å². The second-order valence-electron chi connectivity index (χ2n) is 4.83. The number of ether oxygens (including phenoxy) is 1. The average Bonchev–Trinajstić information content (AvgIpc) is 2.79. The van der Waals surface area contributed by atoms with E-state index in [1.54, 1.807) is 7.11 Å². The standard InChI is InChI=1S/C14H20BrNO/c1-9-7-10(2)13(15)14(17-3)12(9)8-11-5-4-6-16-11/h7,11,16H,4-6,8H2,1-3H3. The minimum atomic E-state index is 0.609. The van der Waals surface area contributed by atoms with Crippen molar-refractivity contribution in [3.63, 3.8) is 0 Å². The lowest BCUT2D eigenvalue weighted by Crippen LogP contribution is -2.24. The molecule has 0 radical (unpaired) electrons. The van der Waals surface area contributed by atoms with E-state index >= 15 is 0 Å². The minimum Gasteiger partial charge on any atom is -0.495 e. The summed E-state index contributed by atoms with van der Waals surface area (Å²) in [6, 6.07) is 2.84. The molecule has 0 aliphatic carbocycles. The predicted molar refractivity (Wildman–Crippen MR) is 74.9 cm³/mol. The summed E-state index contributed by atoms with van der Waals surface area (Å²) in [6.07, 6.45) is 3.63. The van der Waals surface area contributed by atoms with Gasteiger partial charge in [-0.15, -0.1) is 0 Å². The van der Waals surface area contributed by atoms with Crippen LogP contribution in [-0.2, 0) is 6.42 Å². The molecular formula is C14H20BrNO. The Morgan fingerprint density at radius 1 is 1.41 bits per heavy atom. The lowest BCUT2D eigenvalue weighted by atomic mass is 9.97. The molecule has 0 saturated carbocycles. The van der Waals surface area contributed by atoms with Crippen LogP contribution in [0.3, 0.4) is 0 Å². The van der Waals surface area contributed by atoms with Crippen molar-refractivity contribution in [3.8, 4) is 5.75 Å². The molecule has 1 aliphatic rings. The Morgan fingerprint density at radius 3 is 2.76 bits per heavy atom. The summed E-state index contributed by atoms with van der Waals surface area (Å²) in [6.45, 7) is 5.43. The smallest absolute Gasteiger partial charge is 0.136 e. The first-order chi connectivity index (χ1) is 8.13. The Hall–Kier alpha value is -0.540. The second kappa shape index (κ2) is 5.40. The highest BCUT2D eigenvalue weighted by atomic mass is 79.9. The van der Waals surface area contributed by atoms with Crippen LogP contribution in [0.2, 0.25) is 0 Å². The summed E-state index contributed by atoms with van der Waals surface area (Å²) >= 11 is 3.63. The third-order valence-electron chi connectivity index (χ3n) is 3.55. The van der Waals surface area contributed by atoms with Gasteiger partial charge in [0, 0.05) is 6.04 Å².